The van der Waals surface area contributed by atoms with Gasteiger partial charge in [0.1, 0.15) is 11.4 Å². The molecule has 0 aromatic heterocycles. The van der Waals surface area contributed by atoms with Gasteiger partial charge in [0.2, 0.25) is 5.82 Å². The molecule has 0 unspecified atom stereocenters. The van der Waals surface area contributed by atoms with Crippen LogP contribution >= 0.6 is 0 Å². The first-order valence-corrected chi connectivity index (χ1v) is 5.91. The van der Waals surface area contributed by atoms with Crippen molar-refractivity contribution in [3.8, 4) is 5.75 Å². The van der Waals surface area contributed by atoms with E-state index >= 15 is 0 Å². The first-order chi connectivity index (χ1) is 10.5. The van der Waals surface area contributed by atoms with Crippen molar-refractivity contribution >= 4 is 11.9 Å². The molecule has 22 heavy (non-hydrogen) atoms. The maximum absolute atomic E-state index is 13.4. The fourth-order valence-corrected chi connectivity index (χ4v) is 1.64. The molecule has 0 heterocycles. The van der Waals surface area contributed by atoms with E-state index in [9.17, 15) is 22.0 Å². The number of nitrogens with zero attached hydrogens (tertiary/aromatic N) is 1. The maximum atomic E-state index is 13.4. The van der Waals surface area contributed by atoms with E-state index in [1.807, 2.05) is 5.43 Å². The molecular weight excluding hydrogens is 307 g/mol. The van der Waals surface area contributed by atoms with Gasteiger partial charge in [-0.25, -0.2) is 22.0 Å². The van der Waals surface area contributed by atoms with Gasteiger partial charge < -0.3 is 4.74 Å². The highest BCUT2D eigenvalue weighted by atomic mass is 19.2. The highest BCUT2D eigenvalue weighted by molar-refractivity contribution is 5.84. The van der Waals surface area contributed by atoms with Crippen LogP contribution in [0.1, 0.15) is 5.56 Å². The van der Waals surface area contributed by atoms with Gasteiger partial charge in [-0.3, -0.25) is 5.43 Å². The van der Waals surface area contributed by atoms with Gasteiger partial charge in [0.15, 0.2) is 23.3 Å². The van der Waals surface area contributed by atoms with Crippen LogP contribution in [0.25, 0.3) is 0 Å². The van der Waals surface area contributed by atoms with Crippen LogP contribution in [0.2, 0.25) is 0 Å². The number of ether oxygens (including phenoxy) is 1. The van der Waals surface area contributed by atoms with Gasteiger partial charge >= 0.3 is 0 Å². The highest BCUT2D eigenvalue weighted by Crippen LogP contribution is 2.27. The molecule has 0 atom stereocenters. The van der Waals surface area contributed by atoms with Crippen LogP contribution in [0.15, 0.2) is 29.4 Å². The molecule has 2 rings (SSSR count). The van der Waals surface area contributed by atoms with Gasteiger partial charge in [-0.05, 0) is 12.1 Å². The lowest BCUT2D eigenvalue weighted by Gasteiger charge is -2.07. The number of nitrogens with one attached hydrogen (secondary N) is 1. The Balaban J connectivity index is 2.31. The number of benzene rings is 2. The lowest BCUT2D eigenvalue weighted by molar-refractivity contribution is 0.381. The Labute approximate surface area is 122 Å². The third-order valence-electron chi connectivity index (χ3n) is 2.73. The Morgan fingerprint density at radius 1 is 0.909 bits per heavy atom. The summed E-state index contributed by atoms with van der Waals surface area (Å²) in [5, 5.41) is 3.46. The first kappa shape index (κ1) is 15.7. The highest BCUT2D eigenvalue weighted by Gasteiger charge is 2.25. The minimum absolute atomic E-state index is 0.422. The second-order valence-electron chi connectivity index (χ2n) is 4.06. The zero-order valence-corrected chi connectivity index (χ0v) is 11.1. The molecule has 0 spiro atoms. The summed E-state index contributed by atoms with van der Waals surface area (Å²) in [6.45, 7) is 0. The summed E-state index contributed by atoms with van der Waals surface area (Å²) in [4.78, 5) is 0. The molecule has 0 aliphatic carbocycles. The number of hydrogen-bond acceptors (Lipinski definition) is 3. The Morgan fingerprint density at radius 2 is 1.45 bits per heavy atom. The molecule has 3 nitrogen and oxygen atoms in total. The summed E-state index contributed by atoms with van der Waals surface area (Å²) >= 11 is 0. The van der Waals surface area contributed by atoms with Crippen LogP contribution in [0, 0.1) is 29.1 Å². The van der Waals surface area contributed by atoms with E-state index in [1.165, 1.54) is 7.11 Å². The van der Waals surface area contributed by atoms with Gasteiger partial charge in [0.25, 0.3) is 0 Å². The summed E-state index contributed by atoms with van der Waals surface area (Å²) in [6, 6.07) is 6.54. The Kier molecular flexibility index (Phi) is 4.59. The summed E-state index contributed by atoms with van der Waals surface area (Å²) in [5.41, 5.74) is 1.02. The van der Waals surface area contributed by atoms with Crippen molar-refractivity contribution in [3.05, 3.63) is 58.9 Å². The number of anilines is 1. The molecule has 0 radical (unpaired) electrons. The van der Waals surface area contributed by atoms with Crippen LogP contribution in [0.3, 0.4) is 0 Å². The molecule has 2 aromatic carbocycles. The van der Waals surface area contributed by atoms with E-state index in [0.717, 1.165) is 6.21 Å². The zero-order valence-electron chi connectivity index (χ0n) is 11.1. The van der Waals surface area contributed by atoms with Gasteiger partial charge in [0, 0.05) is 5.56 Å². The van der Waals surface area contributed by atoms with Gasteiger partial charge in [-0.15, -0.1) is 0 Å². The largest absolute Gasteiger partial charge is 0.496 e. The molecular formula is C14H9F5N2O. The minimum atomic E-state index is -2.23. The number of rotatable bonds is 4. The smallest absolute Gasteiger partial charge is 0.200 e. The van der Waals surface area contributed by atoms with Crippen LogP contribution in [0.4, 0.5) is 27.6 Å². The van der Waals surface area contributed by atoms with Crippen molar-refractivity contribution in [2.45, 2.75) is 0 Å². The lowest BCUT2D eigenvalue weighted by atomic mass is 10.2. The number of hydrazone groups is 1. The van der Waals surface area contributed by atoms with E-state index in [0.29, 0.717) is 11.3 Å². The number of halogens is 5. The van der Waals surface area contributed by atoms with E-state index in [-0.39, 0.29) is 0 Å². The molecule has 2 aromatic rings. The van der Waals surface area contributed by atoms with E-state index in [4.69, 9.17) is 4.74 Å². The fourth-order valence-electron chi connectivity index (χ4n) is 1.64. The molecule has 0 aliphatic rings. The van der Waals surface area contributed by atoms with Crippen molar-refractivity contribution in [1.82, 2.24) is 0 Å². The Morgan fingerprint density at radius 3 is 2.05 bits per heavy atom. The molecule has 0 amide bonds. The standard InChI is InChI=1S/C14H9F5N2O/c1-22-8-5-3-2-4-7(8)6-20-21-14-12(18)10(16)9(15)11(17)13(14)19/h2-6,21H,1H3/b20-6-. The summed E-state index contributed by atoms with van der Waals surface area (Å²) < 4.78 is 70.7. The van der Waals surface area contributed by atoms with Crippen LogP contribution in [0.5, 0.6) is 5.75 Å². The second-order valence-corrected chi connectivity index (χ2v) is 4.06. The SMILES string of the molecule is COc1ccccc1/C=N\Nc1c(F)c(F)c(F)c(F)c1F. The van der Waals surface area contributed by atoms with Gasteiger partial charge in [-0.1, -0.05) is 12.1 Å². The average Bonchev–Trinajstić information content (AvgIpc) is 2.54. The first-order valence-electron chi connectivity index (χ1n) is 5.91. The van der Waals surface area contributed by atoms with Crippen molar-refractivity contribution in [3.63, 3.8) is 0 Å². The monoisotopic (exact) mass is 316 g/mol. The lowest BCUT2D eigenvalue weighted by Crippen LogP contribution is -2.06. The van der Waals surface area contributed by atoms with E-state index < -0.39 is 34.8 Å². The molecule has 0 saturated heterocycles. The predicted molar refractivity (Wildman–Crippen MR) is 70.4 cm³/mol. The van der Waals surface area contributed by atoms with Crippen molar-refractivity contribution < 1.29 is 26.7 Å². The van der Waals surface area contributed by atoms with Crippen LogP contribution in [-0.2, 0) is 0 Å². The molecule has 116 valence electrons. The second kappa shape index (κ2) is 6.42. The third kappa shape index (κ3) is 2.85. The summed E-state index contributed by atoms with van der Waals surface area (Å²) in [6.07, 6.45) is 1.12. The van der Waals surface area contributed by atoms with Crippen LogP contribution < -0.4 is 10.2 Å². The number of hydrogen-bond donors (Lipinski definition) is 1. The van der Waals surface area contributed by atoms with E-state index in [1.54, 1.807) is 24.3 Å². The van der Waals surface area contributed by atoms with Gasteiger partial charge in [-0.2, -0.15) is 5.10 Å². The van der Waals surface area contributed by atoms with Crippen molar-refractivity contribution in [1.29, 1.82) is 0 Å². The summed E-state index contributed by atoms with van der Waals surface area (Å²) in [5.74, 6) is -9.88. The maximum Gasteiger partial charge on any atom is 0.200 e. The average molecular weight is 316 g/mol. The Bertz CT molecular complexity index is 704. The number of methoxy groups -OCH3 is 1. The predicted octanol–water partition coefficient (Wildman–Crippen LogP) is 3.84. The van der Waals surface area contributed by atoms with E-state index in [2.05, 4.69) is 5.10 Å². The minimum Gasteiger partial charge on any atom is -0.496 e. The topological polar surface area (TPSA) is 33.6 Å². The Hall–Kier alpha value is -2.64. The molecule has 0 bridgehead atoms. The zero-order chi connectivity index (χ0) is 16.3. The molecule has 0 aliphatic heterocycles. The normalized spacial score (nSPS) is 11.0. The molecule has 1 N–H and O–H groups in total. The quantitative estimate of drug-likeness (QED) is 0.306. The third-order valence-corrected chi connectivity index (χ3v) is 2.73. The fraction of sp³-hybridized carbons (Fsp3) is 0.0714. The molecule has 8 heteroatoms. The van der Waals surface area contributed by atoms with Crippen molar-refractivity contribution in [2.24, 2.45) is 5.10 Å². The molecule has 0 saturated carbocycles. The molecule has 0 fully saturated rings. The van der Waals surface area contributed by atoms with Crippen LogP contribution in [-0.4, -0.2) is 13.3 Å². The van der Waals surface area contributed by atoms with Crippen molar-refractivity contribution in [2.75, 3.05) is 12.5 Å². The summed E-state index contributed by atoms with van der Waals surface area (Å²) in [7, 11) is 1.41. The van der Waals surface area contributed by atoms with Gasteiger partial charge in [0.05, 0.1) is 13.3 Å². The number of para-hydroxylation sites is 1.